The van der Waals surface area contributed by atoms with E-state index >= 15 is 0 Å². The highest BCUT2D eigenvalue weighted by molar-refractivity contribution is 7.89. The summed E-state index contributed by atoms with van der Waals surface area (Å²) in [7, 11) is -2.06. The first kappa shape index (κ1) is 30.2. The van der Waals surface area contributed by atoms with Crippen LogP contribution in [0.15, 0.2) is 114 Å². The molecule has 0 saturated heterocycles. The van der Waals surface area contributed by atoms with Gasteiger partial charge in [0, 0.05) is 24.8 Å². The van der Waals surface area contributed by atoms with Gasteiger partial charge in [-0.1, -0.05) is 92.2 Å². The van der Waals surface area contributed by atoms with Crippen molar-refractivity contribution in [3.05, 3.63) is 138 Å². The summed E-state index contributed by atoms with van der Waals surface area (Å²) in [5.74, 6) is 0.853. The highest BCUT2D eigenvalue weighted by atomic mass is 32.2. The van der Waals surface area contributed by atoms with Crippen molar-refractivity contribution in [3.63, 3.8) is 0 Å². The Kier molecular flexibility index (Phi) is 9.72. The number of benzene rings is 4. The van der Waals surface area contributed by atoms with Crippen molar-refractivity contribution in [2.75, 3.05) is 7.11 Å². The van der Waals surface area contributed by atoms with E-state index in [1.54, 1.807) is 25.6 Å². The zero-order valence-corrected chi connectivity index (χ0v) is 25.4. The quantitative estimate of drug-likeness (QED) is 0.155. The Balaban J connectivity index is 1.61. The molecule has 8 heteroatoms. The minimum absolute atomic E-state index is 0.100. The number of aryl methyl sites for hydroxylation is 1. The smallest absolute Gasteiger partial charge is 0.238 e. The Hall–Kier alpha value is -4.24. The number of aromatic amines is 1. The summed E-state index contributed by atoms with van der Waals surface area (Å²) in [6, 6.07) is 31.9. The van der Waals surface area contributed by atoms with E-state index in [9.17, 15) is 8.42 Å². The number of ether oxygens (including phenoxy) is 1. The van der Waals surface area contributed by atoms with Gasteiger partial charge in [0.2, 0.25) is 10.0 Å². The van der Waals surface area contributed by atoms with E-state index in [1.165, 1.54) is 16.7 Å². The molecule has 0 radical (unpaired) electrons. The molecule has 3 N–H and O–H groups in total. The van der Waals surface area contributed by atoms with Crippen LogP contribution in [0.4, 0.5) is 0 Å². The van der Waals surface area contributed by atoms with Crippen molar-refractivity contribution in [1.29, 1.82) is 0 Å². The largest absolute Gasteiger partial charge is 0.496 e. The summed E-state index contributed by atoms with van der Waals surface area (Å²) >= 11 is 0. The predicted molar refractivity (Wildman–Crippen MR) is 171 cm³/mol. The normalized spacial score (nSPS) is 12.4. The molecular formula is C35H38N4O3S. The standard InChI is InChI=1S/C35H38N4O3S/c1-3-4-12-28-21-29(17-20-31(28)32-13-8-9-14-34(32)42-2)35(33-22-37-25-38-33)39(23-26-10-6-5-7-11-26)24-27-15-18-30(19-16-27)43(36,40)41/h5-11,13-22,25,35H,3-4,12,23-24H2,1-2H3,(H,37,38)(H2,36,40,41). The molecule has 222 valence electrons. The fraction of sp³-hybridized carbons (Fsp3) is 0.229. The lowest BCUT2D eigenvalue weighted by molar-refractivity contribution is 0.204. The van der Waals surface area contributed by atoms with E-state index in [1.807, 2.05) is 54.7 Å². The summed E-state index contributed by atoms with van der Waals surface area (Å²) in [6.07, 6.45) is 6.71. The molecule has 0 spiro atoms. The van der Waals surface area contributed by atoms with Crippen molar-refractivity contribution in [1.82, 2.24) is 14.9 Å². The van der Waals surface area contributed by atoms with Gasteiger partial charge in [0.25, 0.3) is 0 Å². The Morgan fingerprint density at radius 1 is 0.884 bits per heavy atom. The average Bonchev–Trinajstić information content (AvgIpc) is 3.55. The molecule has 0 fully saturated rings. The van der Waals surface area contributed by atoms with Gasteiger partial charge < -0.3 is 9.72 Å². The third-order valence-corrected chi connectivity index (χ3v) is 8.62. The van der Waals surface area contributed by atoms with Gasteiger partial charge in [-0.05, 0) is 58.9 Å². The van der Waals surface area contributed by atoms with E-state index in [2.05, 4.69) is 58.2 Å². The lowest BCUT2D eigenvalue weighted by atomic mass is 9.90. The van der Waals surface area contributed by atoms with Gasteiger partial charge in [-0.2, -0.15) is 0 Å². The fourth-order valence-electron chi connectivity index (χ4n) is 5.57. The maximum atomic E-state index is 11.9. The monoisotopic (exact) mass is 594 g/mol. The van der Waals surface area contributed by atoms with Crippen LogP contribution in [0.5, 0.6) is 5.75 Å². The average molecular weight is 595 g/mol. The number of nitrogens with one attached hydrogen (secondary N) is 1. The van der Waals surface area contributed by atoms with Crippen LogP contribution < -0.4 is 9.88 Å². The molecule has 43 heavy (non-hydrogen) atoms. The number of hydrogen-bond donors (Lipinski definition) is 2. The highest BCUT2D eigenvalue weighted by Crippen LogP contribution is 2.37. The lowest BCUT2D eigenvalue weighted by Gasteiger charge is -2.32. The van der Waals surface area contributed by atoms with E-state index in [0.717, 1.165) is 47.4 Å². The maximum Gasteiger partial charge on any atom is 0.238 e. The van der Waals surface area contributed by atoms with E-state index in [4.69, 9.17) is 9.88 Å². The van der Waals surface area contributed by atoms with Crippen molar-refractivity contribution in [2.24, 2.45) is 5.14 Å². The summed E-state index contributed by atoms with van der Waals surface area (Å²) in [5.41, 5.74) is 7.79. The van der Waals surface area contributed by atoms with Crippen LogP contribution in [0.25, 0.3) is 11.1 Å². The van der Waals surface area contributed by atoms with Gasteiger partial charge >= 0.3 is 0 Å². The van der Waals surface area contributed by atoms with Crippen LogP contribution >= 0.6 is 0 Å². The minimum Gasteiger partial charge on any atom is -0.496 e. The number of rotatable bonds is 13. The summed E-state index contributed by atoms with van der Waals surface area (Å²) < 4.78 is 29.5. The number of nitrogens with two attached hydrogens (primary N) is 1. The molecule has 0 amide bonds. The molecule has 1 unspecified atom stereocenters. The second-order valence-corrected chi connectivity index (χ2v) is 12.3. The molecule has 1 atom stereocenters. The molecule has 0 aliphatic rings. The highest BCUT2D eigenvalue weighted by Gasteiger charge is 2.26. The molecule has 0 aliphatic carbocycles. The first-order valence-electron chi connectivity index (χ1n) is 14.5. The number of imidazole rings is 1. The molecule has 1 heterocycles. The van der Waals surface area contributed by atoms with Gasteiger partial charge in [-0.15, -0.1) is 0 Å². The lowest BCUT2D eigenvalue weighted by Crippen LogP contribution is -2.29. The second-order valence-electron chi connectivity index (χ2n) is 10.7. The zero-order chi connectivity index (χ0) is 30.2. The van der Waals surface area contributed by atoms with Crippen molar-refractivity contribution in [2.45, 2.75) is 50.2 Å². The van der Waals surface area contributed by atoms with Crippen molar-refractivity contribution >= 4 is 10.0 Å². The number of aromatic nitrogens is 2. The third-order valence-electron chi connectivity index (χ3n) is 7.69. The number of primary sulfonamides is 1. The molecule has 5 rings (SSSR count). The van der Waals surface area contributed by atoms with Crippen LogP contribution in [0.1, 0.15) is 53.8 Å². The molecule has 1 aromatic heterocycles. The summed E-state index contributed by atoms with van der Waals surface area (Å²) in [5, 5.41) is 5.36. The number of sulfonamides is 1. The number of para-hydroxylation sites is 1. The number of unbranched alkanes of at least 4 members (excludes halogenated alkanes) is 1. The number of hydrogen-bond acceptors (Lipinski definition) is 5. The van der Waals surface area contributed by atoms with Gasteiger partial charge in [0.1, 0.15) is 5.75 Å². The fourth-order valence-corrected chi connectivity index (χ4v) is 6.08. The number of nitrogens with zero attached hydrogens (tertiary/aromatic N) is 2. The van der Waals surface area contributed by atoms with Crippen LogP contribution in [-0.2, 0) is 29.5 Å². The van der Waals surface area contributed by atoms with Crippen LogP contribution in [-0.4, -0.2) is 30.4 Å². The molecular weight excluding hydrogens is 556 g/mol. The minimum atomic E-state index is -3.77. The van der Waals surface area contributed by atoms with Crippen molar-refractivity contribution < 1.29 is 13.2 Å². The van der Waals surface area contributed by atoms with Crippen LogP contribution in [0.2, 0.25) is 0 Å². The molecule has 0 bridgehead atoms. The Morgan fingerprint density at radius 3 is 2.23 bits per heavy atom. The Bertz CT molecular complexity index is 1720. The van der Waals surface area contributed by atoms with Crippen molar-refractivity contribution in [3.8, 4) is 16.9 Å². The molecule has 7 nitrogen and oxygen atoms in total. The Morgan fingerprint density at radius 2 is 1.58 bits per heavy atom. The molecule has 0 aliphatic heterocycles. The topological polar surface area (TPSA) is 101 Å². The van der Waals surface area contributed by atoms with Crippen LogP contribution in [0, 0.1) is 0 Å². The third kappa shape index (κ3) is 7.40. The molecule has 0 saturated carbocycles. The second kappa shape index (κ2) is 13.8. The van der Waals surface area contributed by atoms with Gasteiger partial charge in [-0.3, -0.25) is 4.90 Å². The summed E-state index contributed by atoms with van der Waals surface area (Å²) in [6.45, 7) is 3.45. The Labute approximate surface area is 254 Å². The molecule has 4 aromatic carbocycles. The number of H-pyrrole nitrogens is 1. The SMILES string of the molecule is CCCCc1cc(C(c2cnc[nH]2)N(Cc2ccccc2)Cc2ccc(S(N)(=O)=O)cc2)ccc1-c1ccccc1OC. The number of methoxy groups -OCH3 is 1. The molecule has 5 aromatic rings. The van der Waals surface area contributed by atoms with Crippen LogP contribution in [0.3, 0.4) is 0 Å². The summed E-state index contributed by atoms with van der Waals surface area (Å²) in [4.78, 5) is 10.2. The van der Waals surface area contributed by atoms with Gasteiger partial charge in [0.15, 0.2) is 0 Å². The first-order valence-corrected chi connectivity index (χ1v) is 16.1. The zero-order valence-electron chi connectivity index (χ0n) is 24.6. The van der Waals surface area contributed by atoms with Gasteiger partial charge in [0.05, 0.1) is 30.1 Å². The van der Waals surface area contributed by atoms with E-state index in [0.29, 0.717) is 13.1 Å². The predicted octanol–water partition coefficient (Wildman–Crippen LogP) is 6.87. The van der Waals surface area contributed by atoms with E-state index in [-0.39, 0.29) is 10.9 Å². The van der Waals surface area contributed by atoms with E-state index < -0.39 is 10.0 Å². The first-order chi connectivity index (χ1) is 20.9. The maximum absolute atomic E-state index is 11.9. The van der Waals surface area contributed by atoms with Gasteiger partial charge in [-0.25, -0.2) is 18.5 Å².